The van der Waals surface area contributed by atoms with E-state index in [1.807, 2.05) is 105 Å². The number of fused-ring (bicyclic) bond motifs is 1. The van der Waals surface area contributed by atoms with Crippen molar-refractivity contribution < 1.29 is 28.7 Å². The van der Waals surface area contributed by atoms with Crippen molar-refractivity contribution in [3.05, 3.63) is 102 Å². The standard InChI is InChI=1S/C44H53N5O6S/c1-28(47(8)41(52)55-44(5,6)7)38(50)46-37(43(2,3)4)40(51)48-25-24-33-35(48)32(26-49(33)42(53)54-27-29-18-12-9-13-19-29)39-45-34(30-20-14-10-15-21-30)36(56-39)31-22-16-11-17-23-31/h9-23,28,32-33,35,37H,24-27H2,1-8H3,(H,46,50)/t28-,32-,33+,35+,37+/m0/s1. The Labute approximate surface area is 334 Å². The van der Waals surface area contributed by atoms with E-state index in [-0.39, 0.29) is 24.5 Å². The van der Waals surface area contributed by atoms with Crippen LogP contribution in [0.3, 0.4) is 0 Å². The first-order chi connectivity index (χ1) is 26.5. The number of ether oxygens (including phenoxy) is 2. The van der Waals surface area contributed by atoms with Crippen molar-refractivity contribution in [3.63, 3.8) is 0 Å². The van der Waals surface area contributed by atoms with Gasteiger partial charge in [0.2, 0.25) is 11.8 Å². The highest BCUT2D eigenvalue weighted by atomic mass is 32.1. The number of aromatic nitrogens is 1. The van der Waals surface area contributed by atoms with Crippen molar-refractivity contribution in [3.8, 4) is 21.7 Å². The highest BCUT2D eigenvalue weighted by Crippen LogP contribution is 2.47. The number of amides is 4. The van der Waals surface area contributed by atoms with Gasteiger partial charge in [0.15, 0.2) is 0 Å². The summed E-state index contributed by atoms with van der Waals surface area (Å²) < 4.78 is 11.4. The topological polar surface area (TPSA) is 121 Å². The number of benzene rings is 3. The average Bonchev–Trinajstić information content (AvgIpc) is 3.90. The number of hydrogen-bond acceptors (Lipinski definition) is 8. The fourth-order valence-corrected chi connectivity index (χ4v) is 8.62. The van der Waals surface area contributed by atoms with Crippen LogP contribution in [0.2, 0.25) is 0 Å². The highest BCUT2D eigenvalue weighted by Gasteiger charge is 2.55. The van der Waals surface area contributed by atoms with Crippen molar-refractivity contribution in [2.24, 2.45) is 5.41 Å². The van der Waals surface area contributed by atoms with Gasteiger partial charge in [-0.2, -0.15) is 0 Å². The molecule has 12 heteroatoms. The monoisotopic (exact) mass is 779 g/mol. The Morgan fingerprint density at radius 1 is 0.875 bits per heavy atom. The first kappa shape index (κ1) is 40.4. The van der Waals surface area contributed by atoms with Crippen LogP contribution in [0, 0.1) is 5.41 Å². The molecule has 296 valence electrons. The Kier molecular flexibility index (Phi) is 11.9. The van der Waals surface area contributed by atoms with Gasteiger partial charge in [0.25, 0.3) is 0 Å². The molecule has 2 fully saturated rings. The van der Waals surface area contributed by atoms with Gasteiger partial charge in [-0.3, -0.25) is 14.5 Å². The first-order valence-electron chi connectivity index (χ1n) is 19.2. The molecule has 56 heavy (non-hydrogen) atoms. The third-order valence-electron chi connectivity index (χ3n) is 10.4. The molecule has 4 amide bonds. The zero-order valence-electron chi connectivity index (χ0n) is 33.5. The second-order valence-corrected chi connectivity index (χ2v) is 17.7. The number of thiazole rings is 1. The fourth-order valence-electron chi connectivity index (χ4n) is 7.39. The van der Waals surface area contributed by atoms with E-state index >= 15 is 0 Å². The van der Waals surface area contributed by atoms with Gasteiger partial charge in [0, 0.05) is 25.7 Å². The number of likely N-dealkylation sites (N-methyl/N-ethyl adjacent to an activating group) is 1. The molecule has 1 N–H and O–H groups in total. The van der Waals surface area contributed by atoms with Crippen molar-refractivity contribution in [1.29, 1.82) is 0 Å². The van der Waals surface area contributed by atoms with E-state index in [9.17, 15) is 19.2 Å². The van der Waals surface area contributed by atoms with Crippen LogP contribution in [-0.4, -0.2) is 93.6 Å². The second kappa shape index (κ2) is 16.5. The molecule has 6 rings (SSSR count). The molecular weight excluding hydrogens is 727 g/mol. The Morgan fingerprint density at radius 2 is 1.46 bits per heavy atom. The molecule has 11 nitrogen and oxygen atoms in total. The minimum atomic E-state index is -0.931. The maximum Gasteiger partial charge on any atom is 0.410 e. The highest BCUT2D eigenvalue weighted by molar-refractivity contribution is 7.15. The van der Waals surface area contributed by atoms with E-state index < -0.39 is 47.2 Å². The molecule has 0 spiro atoms. The first-order valence-corrected chi connectivity index (χ1v) is 20.0. The minimum absolute atomic E-state index is 0.127. The summed E-state index contributed by atoms with van der Waals surface area (Å²) in [5, 5.41) is 3.82. The molecule has 0 saturated carbocycles. The van der Waals surface area contributed by atoms with Crippen molar-refractivity contribution >= 4 is 35.3 Å². The number of likely N-dealkylation sites (tertiary alicyclic amines) is 2. The molecule has 5 atom stereocenters. The third kappa shape index (κ3) is 8.91. The van der Waals surface area contributed by atoms with Gasteiger partial charge in [0.1, 0.15) is 29.3 Å². The molecule has 2 saturated heterocycles. The van der Waals surface area contributed by atoms with Gasteiger partial charge in [-0.1, -0.05) is 112 Å². The van der Waals surface area contributed by atoms with Gasteiger partial charge in [-0.25, -0.2) is 14.6 Å². The van der Waals surface area contributed by atoms with E-state index in [0.717, 1.165) is 32.3 Å². The van der Waals surface area contributed by atoms with E-state index in [4.69, 9.17) is 14.5 Å². The molecule has 0 bridgehead atoms. The summed E-state index contributed by atoms with van der Waals surface area (Å²) in [6.45, 7) is 13.4. The predicted molar refractivity (Wildman–Crippen MR) is 218 cm³/mol. The zero-order chi connectivity index (χ0) is 40.4. The predicted octanol–water partition coefficient (Wildman–Crippen LogP) is 7.97. The molecule has 2 aliphatic rings. The maximum absolute atomic E-state index is 14.9. The van der Waals surface area contributed by atoms with Crippen molar-refractivity contribution in [1.82, 2.24) is 25.0 Å². The van der Waals surface area contributed by atoms with Gasteiger partial charge >= 0.3 is 12.2 Å². The number of carbonyl (C=O) groups excluding carboxylic acids is 4. The number of nitrogens with zero attached hydrogens (tertiary/aromatic N) is 4. The SMILES string of the molecule is C[C@@H](C(=O)N[C@H](C(=O)N1CC[C@@H]2[C@H]1[C@@H](c1nc(-c3ccccc3)c(-c3ccccc3)s1)CN2C(=O)OCc1ccccc1)C(C)(C)C)N(C)C(=O)OC(C)(C)C. The van der Waals surface area contributed by atoms with Crippen LogP contribution in [0.15, 0.2) is 91.0 Å². The molecule has 0 aliphatic carbocycles. The lowest BCUT2D eigenvalue weighted by molar-refractivity contribution is -0.141. The minimum Gasteiger partial charge on any atom is -0.445 e. The van der Waals surface area contributed by atoms with Crippen LogP contribution >= 0.6 is 11.3 Å². The van der Waals surface area contributed by atoms with Crippen LogP contribution in [0.4, 0.5) is 9.59 Å². The van der Waals surface area contributed by atoms with E-state index in [1.165, 1.54) is 11.9 Å². The molecule has 2 aliphatic heterocycles. The summed E-state index contributed by atoms with van der Waals surface area (Å²) in [5.74, 6) is -1.05. The van der Waals surface area contributed by atoms with Gasteiger partial charge in [0.05, 0.1) is 28.6 Å². The van der Waals surface area contributed by atoms with Crippen LogP contribution in [0.25, 0.3) is 21.7 Å². The summed E-state index contributed by atoms with van der Waals surface area (Å²) in [6, 6.07) is 27.1. The van der Waals surface area contributed by atoms with Crippen LogP contribution < -0.4 is 5.32 Å². The molecular formula is C44H53N5O6S. The van der Waals surface area contributed by atoms with Crippen LogP contribution in [0.1, 0.15) is 71.4 Å². The number of carbonyl (C=O) groups is 4. The third-order valence-corrected chi connectivity index (χ3v) is 11.7. The molecule has 0 unspecified atom stereocenters. The molecule has 4 aromatic rings. The Hall–Kier alpha value is -5.23. The summed E-state index contributed by atoms with van der Waals surface area (Å²) in [6.07, 6.45) is -0.538. The van der Waals surface area contributed by atoms with E-state index in [2.05, 4.69) is 17.4 Å². The number of nitrogens with one attached hydrogen (secondary N) is 1. The zero-order valence-corrected chi connectivity index (χ0v) is 34.3. The average molecular weight is 780 g/mol. The van der Waals surface area contributed by atoms with Crippen LogP contribution in [-0.2, 0) is 25.7 Å². The largest absolute Gasteiger partial charge is 0.445 e. The lowest BCUT2D eigenvalue weighted by atomic mass is 9.85. The van der Waals surface area contributed by atoms with E-state index in [0.29, 0.717) is 19.5 Å². The smallest absolute Gasteiger partial charge is 0.410 e. The van der Waals surface area contributed by atoms with Crippen molar-refractivity contribution in [2.45, 2.75) is 97.2 Å². The van der Waals surface area contributed by atoms with Gasteiger partial charge < -0.3 is 24.6 Å². The quantitative estimate of drug-likeness (QED) is 0.183. The maximum atomic E-state index is 14.9. The Morgan fingerprint density at radius 3 is 2.05 bits per heavy atom. The second-order valence-electron chi connectivity index (χ2n) is 16.7. The molecule has 0 radical (unpaired) electrons. The van der Waals surface area contributed by atoms with Gasteiger partial charge in [-0.05, 0) is 50.7 Å². The lowest BCUT2D eigenvalue weighted by Gasteiger charge is -2.37. The van der Waals surface area contributed by atoms with E-state index in [1.54, 1.807) is 43.9 Å². The summed E-state index contributed by atoms with van der Waals surface area (Å²) >= 11 is 1.58. The summed E-state index contributed by atoms with van der Waals surface area (Å²) in [7, 11) is 1.51. The molecule has 3 aromatic carbocycles. The Bertz CT molecular complexity index is 1950. The fraction of sp³-hybridized carbons (Fsp3) is 0.432. The molecule has 1 aromatic heterocycles. The molecule has 3 heterocycles. The van der Waals surface area contributed by atoms with Crippen molar-refractivity contribution in [2.75, 3.05) is 20.1 Å². The van der Waals surface area contributed by atoms with Gasteiger partial charge in [-0.15, -0.1) is 11.3 Å². The normalized spacial score (nSPS) is 19.2. The number of rotatable bonds is 9. The van der Waals surface area contributed by atoms with Crippen LogP contribution in [0.5, 0.6) is 0 Å². The number of hydrogen-bond donors (Lipinski definition) is 1. The lowest BCUT2D eigenvalue weighted by Crippen LogP contribution is -2.59. The summed E-state index contributed by atoms with van der Waals surface area (Å²) in [5.41, 5.74) is 2.30. The summed E-state index contributed by atoms with van der Waals surface area (Å²) in [4.78, 5) is 66.6. The Balaban J connectivity index is 1.34.